The maximum absolute atomic E-state index is 12.8. The van der Waals surface area contributed by atoms with Gasteiger partial charge in [-0.15, -0.1) is 11.6 Å². The Labute approximate surface area is 135 Å². The van der Waals surface area contributed by atoms with Crippen molar-refractivity contribution in [1.29, 1.82) is 0 Å². The summed E-state index contributed by atoms with van der Waals surface area (Å²) in [6.45, 7) is 2.00. The van der Waals surface area contributed by atoms with Crippen molar-refractivity contribution in [3.05, 3.63) is 68.7 Å². The lowest BCUT2D eigenvalue weighted by atomic mass is 10.2. The van der Waals surface area contributed by atoms with Gasteiger partial charge in [0.1, 0.15) is 5.82 Å². The van der Waals surface area contributed by atoms with E-state index in [1.165, 1.54) is 0 Å². The number of aryl methyl sites for hydroxylation is 1. The zero-order valence-electron chi connectivity index (χ0n) is 11.3. The number of nitrogens with zero attached hydrogens (tertiary/aromatic N) is 2. The van der Waals surface area contributed by atoms with Gasteiger partial charge in [-0.05, 0) is 36.8 Å². The van der Waals surface area contributed by atoms with E-state index in [2.05, 4.69) is 20.9 Å². The quantitative estimate of drug-likeness (QED) is 0.640. The van der Waals surface area contributed by atoms with E-state index < -0.39 is 0 Å². The van der Waals surface area contributed by atoms with E-state index in [-0.39, 0.29) is 11.4 Å². The number of aromatic nitrogens is 2. The van der Waals surface area contributed by atoms with Gasteiger partial charge >= 0.3 is 0 Å². The molecular weight excluding hydrogens is 352 g/mol. The van der Waals surface area contributed by atoms with Crippen molar-refractivity contribution in [3.8, 4) is 5.69 Å². The Bertz CT molecular complexity index is 889. The summed E-state index contributed by atoms with van der Waals surface area (Å²) in [5.41, 5.74) is 2.42. The van der Waals surface area contributed by atoms with Crippen LogP contribution in [-0.4, -0.2) is 9.55 Å². The zero-order chi connectivity index (χ0) is 15.0. The molecule has 5 heteroatoms. The molecule has 0 N–H and O–H groups in total. The van der Waals surface area contributed by atoms with Crippen molar-refractivity contribution in [2.24, 2.45) is 0 Å². The summed E-state index contributed by atoms with van der Waals surface area (Å²) in [5, 5.41) is 0.586. The molecule has 0 radical (unpaired) electrons. The summed E-state index contributed by atoms with van der Waals surface area (Å²) in [6, 6.07) is 13.1. The minimum Gasteiger partial charge on any atom is -0.268 e. The van der Waals surface area contributed by atoms with Gasteiger partial charge in [0.2, 0.25) is 0 Å². The molecule has 0 saturated heterocycles. The standard InChI is InChI=1S/C16H12BrClN2O/c1-10-6-7-11(8-13(10)17)20-15(9-18)19-14-5-3-2-4-12(14)16(20)21/h2-8H,9H2,1H3. The molecule has 0 spiro atoms. The average molecular weight is 364 g/mol. The second kappa shape index (κ2) is 5.62. The Morgan fingerprint density at radius 2 is 2.00 bits per heavy atom. The van der Waals surface area contributed by atoms with E-state index in [0.29, 0.717) is 16.7 Å². The second-order valence-corrected chi connectivity index (χ2v) is 5.87. The molecule has 1 aromatic heterocycles. The van der Waals surface area contributed by atoms with Crippen molar-refractivity contribution >= 4 is 38.4 Å². The van der Waals surface area contributed by atoms with Gasteiger partial charge in [0.05, 0.1) is 22.5 Å². The monoisotopic (exact) mass is 362 g/mol. The predicted molar refractivity (Wildman–Crippen MR) is 89.3 cm³/mol. The van der Waals surface area contributed by atoms with Crippen LogP contribution in [0.25, 0.3) is 16.6 Å². The molecule has 0 aliphatic carbocycles. The molecule has 0 bridgehead atoms. The van der Waals surface area contributed by atoms with Crippen LogP contribution >= 0.6 is 27.5 Å². The third-order valence-corrected chi connectivity index (χ3v) is 4.47. The van der Waals surface area contributed by atoms with Crippen molar-refractivity contribution in [2.45, 2.75) is 12.8 Å². The number of hydrogen-bond donors (Lipinski definition) is 0. The number of rotatable bonds is 2. The molecule has 0 saturated carbocycles. The molecule has 1 heterocycles. The summed E-state index contributed by atoms with van der Waals surface area (Å²) in [4.78, 5) is 17.3. The molecule has 0 atom stereocenters. The van der Waals surface area contributed by atoms with Gasteiger partial charge in [-0.1, -0.05) is 34.1 Å². The molecule has 0 amide bonds. The third-order valence-electron chi connectivity index (χ3n) is 3.38. The Morgan fingerprint density at radius 1 is 1.24 bits per heavy atom. The summed E-state index contributed by atoms with van der Waals surface area (Å²) >= 11 is 9.49. The molecule has 0 aliphatic rings. The Morgan fingerprint density at radius 3 is 2.71 bits per heavy atom. The number of hydrogen-bond acceptors (Lipinski definition) is 2. The van der Waals surface area contributed by atoms with Gasteiger partial charge in [0.15, 0.2) is 0 Å². The maximum atomic E-state index is 12.8. The number of fused-ring (bicyclic) bond motifs is 1. The van der Waals surface area contributed by atoms with E-state index in [0.717, 1.165) is 15.7 Å². The summed E-state index contributed by atoms with van der Waals surface area (Å²) in [5.74, 6) is 0.710. The number of alkyl halides is 1. The van der Waals surface area contributed by atoms with Gasteiger partial charge in [0.25, 0.3) is 5.56 Å². The summed E-state index contributed by atoms with van der Waals surface area (Å²) < 4.78 is 2.51. The van der Waals surface area contributed by atoms with Gasteiger partial charge in [0, 0.05) is 4.47 Å². The first-order valence-corrected chi connectivity index (χ1v) is 7.77. The maximum Gasteiger partial charge on any atom is 0.266 e. The minimum atomic E-state index is -0.105. The average Bonchev–Trinajstić information content (AvgIpc) is 2.50. The highest BCUT2D eigenvalue weighted by molar-refractivity contribution is 9.10. The SMILES string of the molecule is Cc1ccc(-n2c(CCl)nc3ccccc3c2=O)cc1Br. The molecular formula is C16H12BrClN2O. The van der Waals surface area contributed by atoms with Crippen LogP contribution in [0.15, 0.2) is 51.7 Å². The van der Waals surface area contributed by atoms with Crippen molar-refractivity contribution in [2.75, 3.05) is 0 Å². The van der Waals surface area contributed by atoms with Crippen LogP contribution in [0.4, 0.5) is 0 Å². The summed E-state index contributed by atoms with van der Waals surface area (Å²) in [7, 11) is 0. The van der Waals surface area contributed by atoms with E-state index in [9.17, 15) is 4.79 Å². The van der Waals surface area contributed by atoms with Crippen LogP contribution in [0, 0.1) is 6.92 Å². The first-order valence-electron chi connectivity index (χ1n) is 6.45. The molecule has 106 valence electrons. The van der Waals surface area contributed by atoms with Crippen molar-refractivity contribution in [3.63, 3.8) is 0 Å². The van der Waals surface area contributed by atoms with Crippen LogP contribution < -0.4 is 5.56 Å². The Hall–Kier alpha value is -1.65. The molecule has 3 nitrogen and oxygen atoms in total. The molecule has 0 unspecified atom stereocenters. The second-order valence-electron chi connectivity index (χ2n) is 4.75. The van der Waals surface area contributed by atoms with Crippen LogP contribution in [-0.2, 0) is 5.88 Å². The minimum absolute atomic E-state index is 0.105. The van der Waals surface area contributed by atoms with Crippen LogP contribution in [0.5, 0.6) is 0 Å². The van der Waals surface area contributed by atoms with Crippen LogP contribution in [0.2, 0.25) is 0 Å². The highest BCUT2D eigenvalue weighted by atomic mass is 79.9. The fourth-order valence-electron chi connectivity index (χ4n) is 2.26. The van der Waals surface area contributed by atoms with Crippen LogP contribution in [0.1, 0.15) is 11.4 Å². The fourth-order valence-corrected chi connectivity index (χ4v) is 2.80. The number of benzene rings is 2. The largest absolute Gasteiger partial charge is 0.268 e. The smallest absolute Gasteiger partial charge is 0.266 e. The van der Waals surface area contributed by atoms with Gasteiger partial charge < -0.3 is 0 Å². The molecule has 0 fully saturated rings. The Balaban J connectivity index is 2.37. The van der Waals surface area contributed by atoms with E-state index >= 15 is 0 Å². The molecule has 2 aromatic carbocycles. The first kappa shape index (κ1) is 14.3. The van der Waals surface area contributed by atoms with Crippen molar-refractivity contribution < 1.29 is 0 Å². The molecule has 21 heavy (non-hydrogen) atoms. The fraction of sp³-hybridized carbons (Fsp3) is 0.125. The lowest BCUT2D eigenvalue weighted by molar-refractivity contribution is 0.880. The van der Waals surface area contributed by atoms with Gasteiger partial charge in [-0.25, -0.2) is 4.98 Å². The molecule has 0 aliphatic heterocycles. The third kappa shape index (κ3) is 2.49. The molecule has 3 rings (SSSR count). The van der Waals surface area contributed by atoms with E-state index in [1.54, 1.807) is 10.6 Å². The highest BCUT2D eigenvalue weighted by Gasteiger charge is 2.12. The van der Waals surface area contributed by atoms with Gasteiger partial charge in [-0.2, -0.15) is 0 Å². The van der Waals surface area contributed by atoms with E-state index in [1.807, 2.05) is 43.3 Å². The zero-order valence-corrected chi connectivity index (χ0v) is 13.6. The lowest BCUT2D eigenvalue weighted by Gasteiger charge is -2.13. The van der Waals surface area contributed by atoms with E-state index in [4.69, 9.17) is 11.6 Å². The van der Waals surface area contributed by atoms with Crippen LogP contribution in [0.3, 0.4) is 0 Å². The van der Waals surface area contributed by atoms with Gasteiger partial charge in [-0.3, -0.25) is 9.36 Å². The highest BCUT2D eigenvalue weighted by Crippen LogP contribution is 2.21. The predicted octanol–water partition coefficient (Wildman–Crippen LogP) is 4.20. The Kier molecular flexibility index (Phi) is 3.83. The number of para-hydroxylation sites is 1. The normalized spacial score (nSPS) is 11.0. The topological polar surface area (TPSA) is 34.9 Å². The first-order chi connectivity index (χ1) is 10.1. The van der Waals surface area contributed by atoms with Crippen molar-refractivity contribution in [1.82, 2.24) is 9.55 Å². The summed E-state index contributed by atoms with van der Waals surface area (Å²) in [6.07, 6.45) is 0. The lowest BCUT2D eigenvalue weighted by Crippen LogP contribution is -2.23. The number of halogens is 2. The molecule has 3 aromatic rings.